The SMILES string of the molecule is CC(Nc1ccc(Cn2cncn2)cc1)c1cccs1. The molecule has 0 aliphatic carbocycles. The zero-order chi connectivity index (χ0) is 13.8. The lowest BCUT2D eigenvalue weighted by atomic mass is 10.2. The topological polar surface area (TPSA) is 42.7 Å². The summed E-state index contributed by atoms with van der Waals surface area (Å²) >= 11 is 1.78. The molecule has 0 fully saturated rings. The van der Waals surface area contributed by atoms with Gasteiger partial charge in [0, 0.05) is 10.6 Å². The summed E-state index contributed by atoms with van der Waals surface area (Å²) in [5.74, 6) is 0. The van der Waals surface area contributed by atoms with Gasteiger partial charge in [0.2, 0.25) is 0 Å². The minimum absolute atomic E-state index is 0.330. The van der Waals surface area contributed by atoms with Crippen LogP contribution in [0, 0.1) is 0 Å². The van der Waals surface area contributed by atoms with Gasteiger partial charge in [0.15, 0.2) is 0 Å². The van der Waals surface area contributed by atoms with Crippen LogP contribution in [0.1, 0.15) is 23.4 Å². The molecule has 1 atom stereocenters. The Balaban J connectivity index is 1.64. The first-order valence-corrected chi connectivity index (χ1v) is 7.40. The molecule has 0 amide bonds. The van der Waals surface area contributed by atoms with Gasteiger partial charge in [-0.3, -0.25) is 0 Å². The number of nitrogens with one attached hydrogen (secondary N) is 1. The number of hydrogen-bond donors (Lipinski definition) is 1. The number of nitrogens with zero attached hydrogens (tertiary/aromatic N) is 3. The average Bonchev–Trinajstić information content (AvgIpc) is 3.13. The van der Waals surface area contributed by atoms with Crippen LogP contribution in [0.15, 0.2) is 54.4 Å². The second-order valence-corrected chi connectivity index (χ2v) is 5.65. The molecule has 20 heavy (non-hydrogen) atoms. The first kappa shape index (κ1) is 12.9. The Labute approximate surface area is 122 Å². The van der Waals surface area contributed by atoms with E-state index in [1.54, 1.807) is 24.0 Å². The number of aromatic nitrogens is 3. The maximum Gasteiger partial charge on any atom is 0.137 e. The molecule has 0 bridgehead atoms. The standard InChI is InChI=1S/C15H16N4S/c1-12(15-3-2-8-20-15)18-14-6-4-13(5-7-14)9-19-11-16-10-17-19/h2-8,10-12,18H,9H2,1H3. The van der Waals surface area contributed by atoms with E-state index in [4.69, 9.17) is 0 Å². The highest BCUT2D eigenvalue weighted by Crippen LogP contribution is 2.23. The fourth-order valence-electron chi connectivity index (χ4n) is 2.07. The van der Waals surface area contributed by atoms with Gasteiger partial charge in [-0.05, 0) is 36.1 Å². The summed E-state index contributed by atoms with van der Waals surface area (Å²) in [4.78, 5) is 5.29. The van der Waals surface area contributed by atoms with Crippen LogP contribution in [0.5, 0.6) is 0 Å². The molecular weight excluding hydrogens is 268 g/mol. The smallest absolute Gasteiger partial charge is 0.137 e. The average molecular weight is 284 g/mol. The normalized spacial score (nSPS) is 12.2. The third-order valence-electron chi connectivity index (χ3n) is 3.12. The molecule has 102 valence electrons. The molecule has 3 rings (SSSR count). The van der Waals surface area contributed by atoms with E-state index in [9.17, 15) is 0 Å². The van der Waals surface area contributed by atoms with E-state index in [1.807, 2.05) is 4.68 Å². The molecule has 1 aromatic carbocycles. The van der Waals surface area contributed by atoms with Gasteiger partial charge >= 0.3 is 0 Å². The number of benzene rings is 1. The number of anilines is 1. The van der Waals surface area contributed by atoms with Crippen LogP contribution in [-0.4, -0.2) is 14.8 Å². The molecule has 0 aliphatic rings. The van der Waals surface area contributed by atoms with Crippen LogP contribution < -0.4 is 5.32 Å². The van der Waals surface area contributed by atoms with Gasteiger partial charge in [-0.1, -0.05) is 18.2 Å². The Morgan fingerprint density at radius 2 is 2.10 bits per heavy atom. The van der Waals surface area contributed by atoms with E-state index in [0.717, 1.165) is 12.2 Å². The van der Waals surface area contributed by atoms with Gasteiger partial charge in [0.1, 0.15) is 12.7 Å². The minimum Gasteiger partial charge on any atom is -0.378 e. The highest BCUT2D eigenvalue weighted by molar-refractivity contribution is 7.10. The quantitative estimate of drug-likeness (QED) is 0.779. The van der Waals surface area contributed by atoms with Gasteiger partial charge < -0.3 is 5.32 Å². The van der Waals surface area contributed by atoms with Crippen LogP contribution in [0.2, 0.25) is 0 Å². The van der Waals surface area contributed by atoms with Gasteiger partial charge in [-0.15, -0.1) is 11.3 Å². The first-order valence-electron chi connectivity index (χ1n) is 6.52. The van der Waals surface area contributed by atoms with E-state index in [-0.39, 0.29) is 0 Å². The van der Waals surface area contributed by atoms with Gasteiger partial charge in [-0.2, -0.15) is 5.10 Å². The summed E-state index contributed by atoms with van der Waals surface area (Å²) in [5.41, 5.74) is 2.35. The summed E-state index contributed by atoms with van der Waals surface area (Å²) in [6.45, 7) is 2.93. The molecule has 1 unspecified atom stereocenters. The third-order valence-corrected chi connectivity index (χ3v) is 4.17. The highest BCUT2D eigenvalue weighted by atomic mass is 32.1. The van der Waals surface area contributed by atoms with Crippen molar-refractivity contribution >= 4 is 17.0 Å². The molecule has 1 N–H and O–H groups in total. The second-order valence-electron chi connectivity index (χ2n) is 4.67. The van der Waals surface area contributed by atoms with Crippen LogP contribution in [0.3, 0.4) is 0 Å². The van der Waals surface area contributed by atoms with Gasteiger partial charge in [-0.25, -0.2) is 9.67 Å². The minimum atomic E-state index is 0.330. The van der Waals surface area contributed by atoms with Crippen molar-refractivity contribution in [2.24, 2.45) is 0 Å². The van der Waals surface area contributed by atoms with Crippen molar-refractivity contribution in [3.8, 4) is 0 Å². The van der Waals surface area contributed by atoms with E-state index in [1.165, 1.54) is 10.4 Å². The molecule has 3 aromatic rings. The van der Waals surface area contributed by atoms with E-state index in [0.29, 0.717) is 6.04 Å². The van der Waals surface area contributed by atoms with Crippen molar-refractivity contribution in [3.05, 3.63) is 64.9 Å². The predicted molar refractivity (Wildman–Crippen MR) is 81.9 cm³/mol. The molecule has 2 aromatic heterocycles. The Bertz CT molecular complexity index is 629. The second kappa shape index (κ2) is 5.88. The molecule has 5 heteroatoms. The largest absolute Gasteiger partial charge is 0.378 e. The lowest BCUT2D eigenvalue weighted by Crippen LogP contribution is -2.05. The molecule has 0 spiro atoms. The van der Waals surface area contributed by atoms with Crippen LogP contribution in [0.4, 0.5) is 5.69 Å². The number of hydrogen-bond acceptors (Lipinski definition) is 4. The zero-order valence-corrected chi connectivity index (χ0v) is 12.0. The lowest BCUT2D eigenvalue weighted by Gasteiger charge is -2.14. The third kappa shape index (κ3) is 3.05. The molecular formula is C15H16N4S. The van der Waals surface area contributed by atoms with Crippen LogP contribution in [0.25, 0.3) is 0 Å². The highest BCUT2D eigenvalue weighted by Gasteiger charge is 2.05. The molecule has 0 aliphatic heterocycles. The van der Waals surface area contributed by atoms with Crippen molar-refractivity contribution in [1.82, 2.24) is 14.8 Å². The Morgan fingerprint density at radius 3 is 2.75 bits per heavy atom. The predicted octanol–water partition coefficient (Wildman–Crippen LogP) is 3.56. The molecule has 0 radical (unpaired) electrons. The summed E-state index contributed by atoms with van der Waals surface area (Å²) in [7, 11) is 0. The monoisotopic (exact) mass is 284 g/mol. The first-order chi connectivity index (χ1) is 9.81. The van der Waals surface area contributed by atoms with E-state index < -0.39 is 0 Å². The summed E-state index contributed by atoms with van der Waals surface area (Å²) in [6, 6.07) is 13.0. The van der Waals surface area contributed by atoms with E-state index in [2.05, 4.69) is 64.1 Å². The van der Waals surface area contributed by atoms with Crippen molar-refractivity contribution < 1.29 is 0 Å². The van der Waals surface area contributed by atoms with Crippen LogP contribution >= 0.6 is 11.3 Å². The van der Waals surface area contributed by atoms with Gasteiger partial charge in [0.25, 0.3) is 0 Å². The fourth-order valence-corrected chi connectivity index (χ4v) is 2.80. The lowest BCUT2D eigenvalue weighted by molar-refractivity contribution is 0.685. The molecule has 0 saturated carbocycles. The maximum absolute atomic E-state index is 4.11. The zero-order valence-electron chi connectivity index (χ0n) is 11.2. The number of thiophene rings is 1. The van der Waals surface area contributed by atoms with Crippen LogP contribution in [-0.2, 0) is 6.54 Å². The van der Waals surface area contributed by atoms with Gasteiger partial charge in [0.05, 0.1) is 12.6 Å². The molecule has 0 saturated heterocycles. The summed E-state index contributed by atoms with van der Waals surface area (Å²) in [6.07, 6.45) is 3.28. The Kier molecular flexibility index (Phi) is 3.78. The van der Waals surface area contributed by atoms with E-state index >= 15 is 0 Å². The Hall–Kier alpha value is -2.14. The maximum atomic E-state index is 4.11. The van der Waals surface area contributed by atoms with Crippen molar-refractivity contribution in [3.63, 3.8) is 0 Å². The van der Waals surface area contributed by atoms with Crippen molar-refractivity contribution in [2.45, 2.75) is 19.5 Å². The fraction of sp³-hybridized carbons (Fsp3) is 0.200. The summed E-state index contributed by atoms with van der Waals surface area (Å²) in [5, 5.41) is 9.72. The van der Waals surface area contributed by atoms with Crippen molar-refractivity contribution in [2.75, 3.05) is 5.32 Å². The molecule has 4 nitrogen and oxygen atoms in total. The Morgan fingerprint density at radius 1 is 1.25 bits per heavy atom. The molecule has 2 heterocycles. The van der Waals surface area contributed by atoms with Crippen molar-refractivity contribution in [1.29, 1.82) is 0 Å². The number of rotatable bonds is 5. The summed E-state index contributed by atoms with van der Waals surface area (Å²) < 4.78 is 1.82.